The highest BCUT2D eigenvalue weighted by atomic mass is 32.2. The van der Waals surface area contributed by atoms with E-state index >= 15 is 0 Å². The molecule has 1 aliphatic rings. The van der Waals surface area contributed by atoms with Crippen molar-refractivity contribution in [2.45, 2.75) is 24.6 Å². The van der Waals surface area contributed by atoms with Crippen LogP contribution in [0.2, 0.25) is 0 Å². The first-order valence-electron chi connectivity index (χ1n) is 9.20. The molecule has 9 nitrogen and oxygen atoms in total. The molecule has 1 fully saturated rings. The second-order valence-electron chi connectivity index (χ2n) is 7.11. The summed E-state index contributed by atoms with van der Waals surface area (Å²) in [6.07, 6.45) is 2.04. The zero-order chi connectivity index (χ0) is 21.3. The second-order valence-corrected chi connectivity index (χ2v) is 8.59. The molecule has 2 amide bonds. The number of amides is 2. The Bertz CT molecular complexity index is 1140. The van der Waals surface area contributed by atoms with Gasteiger partial charge < -0.3 is 4.74 Å². The molecule has 0 bridgehead atoms. The van der Waals surface area contributed by atoms with Crippen LogP contribution in [0.3, 0.4) is 0 Å². The normalized spacial score (nSPS) is 18.6. The monoisotopic (exact) mass is 426 g/mol. The molecule has 2 aromatic carbocycles. The van der Waals surface area contributed by atoms with Gasteiger partial charge in [-0.1, -0.05) is 12.1 Å². The van der Waals surface area contributed by atoms with Gasteiger partial charge in [-0.3, -0.25) is 29.7 Å². The minimum atomic E-state index is -0.796. The van der Waals surface area contributed by atoms with Crippen LogP contribution in [0.25, 0.3) is 10.9 Å². The third kappa shape index (κ3) is 3.99. The van der Waals surface area contributed by atoms with Crippen LogP contribution in [0.4, 0.5) is 10.5 Å². The summed E-state index contributed by atoms with van der Waals surface area (Å²) in [5.74, 6) is 0.408. The Morgan fingerprint density at radius 2 is 2.00 bits per heavy atom. The maximum Gasteiger partial charge on any atom is 0.286 e. The number of aromatic nitrogens is 2. The van der Waals surface area contributed by atoms with Gasteiger partial charge in [0.1, 0.15) is 17.1 Å². The smallest absolute Gasteiger partial charge is 0.286 e. The first-order chi connectivity index (χ1) is 14.3. The molecule has 0 saturated carbocycles. The number of thioether (sulfide) groups is 1. The van der Waals surface area contributed by atoms with Crippen molar-refractivity contribution >= 4 is 39.5 Å². The number of nitro benzene ring substituents is 1. The Hall–Kier alpha value is -3.40. The molecule has 2 heterocycles. The number of fused-ring (bicyclic) bond motifs is 1. The summed E-state index contributed by atoms with van der Waals surface area (Å²) >= 11 is 1.01. The lowest BCUT2D eigenvalue weighted by Crippen LogP contribution is -2.35. The molecule has 4 rings (SSSR count). The Morgan fingerprint density at radius 3 is 2.67 bits per heavy atom. The first-order valence-corrected chi connectivity index (χ1v) is 10.0. The van der Waals surface area contributed by atoms with Crippen molar-refractivity contribution in [1.29, 1.82) is 0 Å². The standard InChI is InChI=1S/C20H18N4O5S/c1-20(18(25)22-19(26)30-20)11-13-2-5-16(6-3-13)29-9-8-23-17-7-4-15(24(27)28)10-14(17)12-21-23/h2-7,10,12H,8-9,11H2,1H3,(H,22,25,26). The van der Waals surface area contributed by atoms with Crippen LogP contribution in [0.5, 0.6) is 5.75 Å². The molecule has 0 spiro atoms. The Balaban J connectivity index is 1.35. The average molecular weight is 426 g/mol. The second kappa shape index (κ2) is 7.79. The van der Waals surface area contributed by atoms with Gasteiger partial charge in [-0.05, 0) is 48.9 Å². The lowest BCUT2D eigenvalue weighted by molar-refractivity contribution is -0.384. The molecule has 0 aliphatic carbocycles. The number of non-ortho nitro benzene ring substituents is 1. The maximum absolute atomic E-state index is 12.0. The summed E-state index contributed by atoms with van der Waals surface area (Å²) in [4.78, 5) is 33.8. The van der Waals surface area contributed by atoms with E-state index in [-0.39, 0.29) is 16.8 Å². The predicted octanol–water partition coefficient (Wildman–Crippen LogP) is 3.31. The Kier molecular flexibility index (Phi) is 5.17. The molecule has 1 atom stereocenters. The topological polar surface area (TPSA) is 116 Å². The number of ether oxygens (including phenoxy) is 1. The van der Waals surface area contributed by atoms with Gasteiger partial charge in [0.25, 0.3) is 10.9 Å². The lowest BCUT2D eigenvalue weighted by Gasteiger charge is -2.18. The number of nitro groups is 1. The fourth-order valence-electron chi connectivity index (χ4n) is 3.33. The van der Waals surface area contributed by atoms with Crippen LogP contribution in [0.15, 0.2) is 48.7 Å². The van der Waals surface area contributed by atoms with E-state index in [0.29, 0.717) is 30.7 Å². The minimum Gasteiger partial charge on any atom is -0.492 e. The van der Waals surface area contributed by atoms with E-state index in [4.69, 9.17) is 4.74 Å². The van der Waals surface area contributed by atoms with E-state index in [1.165, 1.54) is 12.1 Å². The third-order valence-corrected chi connectivity index (χ3v) is 5.95. The van der Waals surface area contributed by atoms with Gasteiger partial charge in [-0.25, -0.2) is 0 Å². The number of nitrogens with zero attached hydrogens (tertiary/aromatic N) is 3. The van der Waals surface area contributed by atoms with Crippen molar-refractivity contribution < 1.29 is 19.2 Å². The van der Waals surface area contributed by atoms with E-state index in [0.717, 1.165) is 22.8 Å². The summed E-state index contributed by atoms with van der Waals surface area (Å²) in [6.45, 7) is 2.61. The summed E-state index contributed by atoms with van der Waals surface area (Å²) in [7, 11) is 0. The number of carbonyl (C=O) groups is 2. The molecule has 1 saturated heterocycles. The van der Waals surface area contributed by atoms with Crippen molar-refractivity contribution in [2.24, 2.45) is 0 Å². The quantitative estimate of drug-likeness (QED) is 0.455. The van der Waals surface area contributed by atoms with Gasteiger partial charge in [0.2, 0.25) is 5.91 Å². The van der Waals surface area contributed by atoms with Crippen LogP contribution in [-0.2, 0) is 17.8 Å². The van der Waals surface area contributed by atoms with Gasteiger partial charge in [-0.15, -0.1) is 0 Å². The molecular formula is C20H18N4O5S. The molecule has 1 aliphatic heterocycles. The minimum absolute atomic E-state index is 0.0325. The van der Waals surface area contributed by atoms with Crippen molar-refractivity contribution in [3.8, 4) is 5.75 Å². The van der Waals surface area contributed by atoms with Crippen molar-refractivity contribution in [1.82, 2.24) is 15.1 Å². The van der Waals surface area contributed by atoms with Gasteiger partial charge in [0.05, 0.1) is 23.2 Å². The molecule has 10 heteroatoms. The van der Waals surface area contributed by atoms with Gasteiger partial charge in [-0.2, -0.15) is 5.10 Å². The van der Waals surface area contributed by atoms with Crippen LogP contribution in [0, 0.1) is 10.1 Å². The third-order valence-electron chi connectivity index (χ3n) is 4.89. The fraction of sp³-hybridized carbons (Fsp3) is 0.250. The van der Waals surface area contributed by atoms with Crippen LogP contribution in [0.1, 0.15) is 12.5 Å². The summed E-state index contributed by atoms with van der Waals surface area (Å²) < 4.78 is 6.71. The Labute approximate surface area is 175 Å². The highest BCUT2D eigenvalue weighted by molar-refractivity contribution is 8.16. The number of hydrogen-bond donors (Lipinski definition) is 1. The van der Waals surface area contributed by atoms with E-state index in [9.17, 15) is 19.7 Å². The molecule has 30 heavy (non-hydrogen) atoms. The molecule has 1 N–H and O–H groups in total. The zero-order valence-corrected chi connectivity index (χ0v) is 16.8. The van der Waals surface area contributed by atoms with E-state index in [1.54, 1.807) is 23.9 Å². The van der Waals surface area contributed by atoms with E-state index in [1.807, 2.05) is 24.3 Å². The average Bonchev–Trinajstić information content (AvgIpc) is 3.22. The summed E-state index contributed by atoms with van der Waals surface area (Å²) in [6, 6.07) is 12.0. The fourth-order valence-corrected chi connectivity index (χ4v) is 4.26. The van der Waals surface area contributed by atoms with Crippen LogP contribution in [-0.4, -0.2) is 37.2 Å². The van der Waals surface area contributed by atoms with Crippen molar-refractivity contribution in [2.75, 3.05) is 6.61 Å². The van der Waals surface area contributed by atoms with Crippen LogP contribution < -0.4 is 10.1 Å². The van der Waals surface area contributed by atoms with Gasteiger partial charge >= 0.3 is 0 Å². The zero-order valence-electron chi connectivity index (χ0n) is 16.0. The first kappa shape index (κ1) is 19.9. The highest BCUT2D eigenvalue weighted by Gasteiger charge is 2.43. The molecular weight excluding hydrogens is 408 g/mol. The summed E-state index contributed by atoms with van der Waals surface area (Å²) in [5, 5.41) is 17.8. The van der Waals surface area contributed by atoms with Gasteiger partial charge in [0.15, 0.2) is 0 Å². The largest absolute Gasteiger partial charge is 0.492 e. The molecule has 0 radical (unpaired) electrons. The Morgan fingerprint density at radius 1 is 1.23 bits per heavy atom. The number of carbonyl (C=O) groups excluding carboxylic acids is 2. The highest BCUT2D eigenvalue weighted by Crippen LogP contribution is 2.34. The molecule has 154 valence electrons. The van der Waals surface area contributed by atoms with Crippen molar-refractivity contribution in [3.63, 3.8) is 0 Å². The summed E-state index contributed by atoms with van der Waals surface area (Å²) in [5.41, 5.74) is 1.77. The number of benzene rings is 2. The molecule has 3 aromatic rings. The molecule has 1 aromatic heterocycles. The number of rotatable bonds is 7. The number of nitrogens with one attached hydrogen (secondary N) is 1. The van der Waals surface area contributed by atoms with Crippen molar-refractivity contribution in [3.05, 3.63) is 64.3 Å². The van der Waals surface area contributed by atoms with Gasteiger partial charge in [0, 0.05) is 17.5 Å². The van der Waals surface area contributed by atoms with Crippen LogP contribution >= 0.6 is 11.8 Å². The molecule has 1 unspecified atom stereocenters. The number of imide groups is 1. The SMILES string of the molecule is CC1(Cc2ccc(OCCn3ncc4cc([N+](=O)[O-])ccc43)cc2)SC(=O)NC1=O. The van der Waals surface area contributed by atoms with E-state index < -0.39 is 9.67 Å². The lowest BCUT2D eigenvalue weighted by atomic mass is 9.99. The maximum atomic E-state index is 12.0. The van der Waals surface area contributed by atoms with E-state index in [2.05, 4.69) is 10.4 Å². The predicted molar refractivity (Wildman–Crippen MR) is 112 cm³/mol. The number of hydrogen-bond acceptors (Lipinski definition) is 7.